The van der Waals surface area contributed by atoms with Gasteiger partial charge in [0.15, 0.2) is 0 Å². The molecule has 0 radical (unpaired) electrons. The van der Waals surface area contributed by atoms with Crippen molar-refractivity contribution < 1.29 is 22.6 Å². The molecule has 0 aliphatic carbocycles. The molecule has 1 unspecified atom stereocenters. The molecule has 0 saturated heterocycles. The molecule has 0 saturated carbocycles. The van der Waals surface area contributed by atoms with Crippen LogP contribution in [0.25, 0.3) is 11.1 Å². The van der Waals surface area contributed by atoms with Crippen LogP contribution in [-0.2, 0) is 26.7 Å². The highest BCUT2D eigenvalue weighted by atomic mass is 35.5. The van der Waals surface area contributed by atoms with Crippen LogP contribution in [0.5, 0.6) is 0 Å². The number of halogens is 3. The average Bonchev–Trinajstić information content (AvgIpc) is 2.96. The van der Waals surface area contributed by atoms with Gasteiger partial charge in [0.1, 0.15) is 0 Å². The highest BCUT2D eigenvalue weighted by Crippen LogP contribution is 2.35. The van der Waals surface area contributed by atoms with E-state index in [2.05, 4.69) is 31.4 Å². The van der Waals surface area contributed by atoms with Gasteiger partial charge in [0.25, 0.3) is 16.0 Å². The zero-order valence-electron chi connectivity index (χ0n) is 24.9. The van der Waals surface area contributed by atoms with E-state index in [0.717, 1.165) is 27.8 Å². The fraction of sp³-hybridized carbons (Fsp3) is 0.235. The molecule has 0 heterocycles. The Morgan fingerprint density at radius 2 is 1.51 bits per heavy atom. The molecule has 0 aromatic heterocycles. The van der Waals surface area contributed by atoms with Gasteiger partial charge in [0.05, 0.1) is 22.4 Å². The third kappa shape index (κ3) is 9.55. The van der Waals surface area contributed by atoms with Gasteiger partial charge in [0, 0.05) is 27.7 Å². The summed E-state index contributed by atoms with van der Waals surface area (Å²) >= 11 is 19.0. The third-order valence-corrected chi connectivity index (χ3v) is 8.85. The molecule has 3 N–H and O–H groups in total. The largest absolute Gasteiger partial charge is 0.351 e. The van der Waals surface area contributed by atoms with Crippen LogP contribution in [0, 0.1) is 0 Å². The summed E-state index contributed by atoms with van der Waals surface area (Å²) in [6.07, 6.45) is 0.335. The molecule has 1 atom stereocenters. The van der Waals surface area contributed by atoms with Crippen LogP contribution in [0.15, 0.2) is 84.9 Å². The van der Waals surface area contributed by atoms with Gasteiger partial charge in [-0.05, 0) is 70.5 Å². The molecule has 4 rings (SSSR count). The van der Waals surface area contributed by atoms with Gasteiger partial charge < -0.3 is 10.6 Å². The first kappa shape index (κ1) is 34.5. The molecule has 236 valence electrons. The minimum absolute atomic E-state index is 0.0592. The van der Waals surface area contributed by atoms with Crippen molar-refractivity contribution in [3.05, 3.63) is 122 Å². The lowest BCUT2D eigenvalue weighted by atomic mass is 9.84. The molecule has 0 fully saturated rings. The monoisotopic (exact) mass is 686 g/mol. The van der Waals surface area contributed by atoms with E-state index in [9.17, 15) is 18.0 Å². The summed E-state index contributed by atoms with van der Waals surface area (Å²) in [5.41, 5.74) is 4.99. The first-order valence-corrected chi connectivity index (χ1v) is 16.8. The Kier molecular flexibility index (Phi) is 11.0. The molecule has 45 heavy (non-hydrogen) atoms. The van der Waals surface area contributed by atoms with Crippen molar-refractivity contribution in [2.45, 2.75) is 38.5 Å². The van der Waals surface area contributed by atoms with Crippen molar-refractivity contribution in [3.8, 4) is 11.1 Å². The fourth-order valence-corrected chi connectivity index (χ4v) is 5.83. The second-order valence-corrected chi connectivity index (χ2v) is 14.5. The predicted molar refractivity (Wildman–Crippen MR) is 182 cm³/mol. The Morgan fingerprint density at radius 3 is 2.09 bits per heavy atom. The molecule has 7 nitrogen and oxygen atoms in total. The van der Waals surface area contributed by atoms with Crippen LogP contribution < -0.4 is 10.6 Å². The number of hydrogen-bond donors (Lipinski definition) is 3. The van der Waals surface area contributed by atoms with E-state index in [1.165, 1.54) is 0 Å². The zero-order valence-corrected chi connectivity index (χ0v) is 28.0. The number of carbonyl (C=O) groups is 2. The van der Waals surface area contributed by atoms with E-state index in [4.69, 9.17) is 39.4 Å². The summed E-state index contributed by atoms with van der Waals surface area (Å²) in [7, 11) is -4.18. The molecule has 11 heteroatoms. The summed E-state index contributed by atoms with van der Waals surface area (Å²) in [6, 6.07) is 25.1. The lowest BCUT2D eigenvalue weighted by molar-refractivity contribution is -0.117. The standard InChI is InChI=1S/C34H33Cl3N2O5S/c1-34(2,3)25-11-8-22(9-12-25)28(18-21-4-6-23(7-5-21)32(40)38-16-17-45(42,43)44)33(41)39-31-15-10-24(19-30(31)37)27-14-13-26(35)20-29(27)36/h4-15,19-20,28H,16-18H2,1-3H3,(H,38,40)(H,39,41)(H,42,43,44). The number of carbonyl (C=O) groups excluding carboxylic acids is 2. The van der Waals surface area contributed by atoms with Crippen molar-refractivity contribution in [2.75, 3.05) is 17.6 Å². The van der Waals surface area contributed by atoms with E-state index >= 15 is 0 Å². The van der Waals surface area contributed by atoms with Crippen molar-refractivity contribution in [3.63, 3.8) is 0 Å². The average molecular weight is 688 g/mol. The first-order chi connectivity index (χ1) is 21.1. The predicted octanol–water partition coefficient (Wildman–Crippen LogP) is 8.19. The van der Waals surface area contributed by atoms with E-state index in [-0.39, 0.29) is 17.9 Å². The van der Waals surface area contributed by atoms with Crippen LogP contribution >= 0.6 is 34.8 Å². The molecule has 0 aliphatic rings. The molecule has 0 spiro atoms. The molecule has 2 amide bonds. The van der Waals surface area contributed by atoms with Gasteiger partial charge in [-0.2, -0.15) is 8.42 Å². The Balaban J connectivity index is 1.56. The van der Waals surface area contributed by atoms with Gasteiger partial charge in [-0.1, -0.05) is 104 Å². The van der Waals surface area contributed by atoms with Crippen LogP contribution in [0.4, 0.5) is 5.69 Å². The second kappa shape index (κ2) is 14.4. The van der Waals surface area contributed by atoms with Crippen LogP contribution in [0.3, 0.4) is 0 Å². The normalized spacial score (nSPS) is 12.4. The first-order valence-electron chi connectivity index (χ1n) is 14.1. The van der Waals surface area contributed by atoms with Gasteiger partial charge in [-0.25, -0.2) is 0 Å². The lowest BCUT2D eigenvalue weighted by Crippen LogP contribution is -2.28. The van der Waals surface area contributed by atoms with Gasteiger partial charge in [-0.15, -0.1) is 0 Å². The number of anilines is 1. The van der Waals surface area contributed by atoms with Crippen LogP contribution in [0.2, 0.25) is 15.1 Å². The van der Waals surface area contributed by atoms with Crippen molar-refractivity contribution in [2.24, 2.45) is 0 Å². The summed E-state index contributed by atoms with van der Waals surface area (Å²) < 4.78 is 30.7. The molecule has 4 aromatic rings. The number of hydrogen-bond acceptors (Lipinski definition) is 4. The molecule has 4 aromatic carbocycles. The van der Waals surface area contributed by atoms with E-state index < -0.39 is 27.7 Å². The summed E-state index contributed by atoms with van der Waals surface area (Å²) in [4.78, 5) is 26.2. The zero-order chi connectivity index (χ0) is 32.9. The SMILES string of the molecule is CC(C)(C)c1ccc(C(Cc2ccc(C(=O)NCCS(=O)(=O)O)cc2)C(=O)Nc2ccc(-c3ccc(Cl)cc3Cl)cc2Cl)cc1. The summed E-state index contributed by atoms with van der Waals surface area (Å²) in [5.74, 6) is -1.90. The van der Waals surface area contributed by atoms with Crippen molar-refractivity contribution in [1.82, 2.24) is 5.32 Å². The van der Waals surface area contributed by atoms with Gasteiger partial charge in [-0.3, -0.25) is 14.1 Å². The maximum absolute atomic E-state index is 13.8. The lowest BCUT2D eigenvalue weighted by Gasteiger charge is -2.22. The van der Waals surface area contributed by atoms with Crippen LogP contribution in [-0.4, -0.2) is 37.1 Å². The van der Waals surface area contributed by atoms with E-state index in [0.29, 0.717) is 32.7 Å². The summed E-state index contributed by atoms with van der Waals surface area (Å²) in [5, 5.41) is 6.79. The Morgan fingerprint density at radius 1 is 0.844 bits per heavy atom. The number of nitrogens with one attached hydrogen (secondary N) is 2. The minimum atomic E-state index is -4.18. The smallest absolute Gasteiger partial charge is 0.266 e. The second-order valence-electron chi connectivity index (χ2n) is 11.7. The number of benzene rings is 4. The Hall–Kier alpha value is -3.40. The quantitative estimate of drug-likeness (QED) is 0.146. The Labute approximate surface area is 278 Å². The number of amides is 2. The molecular weight excluding hydrogens is 655 g/mol. The summed E-state index contributed by atoms with van der Waals surface area (Å²) in [6.45, 7) is 6.14. The topological polar surface area (TPSA) is 113 Å². The maximum atomic E-state index is 13.8. The maximum Gasteiger partial charge on any atom is 0.266 e. The highest BCUT2D eigenvalue weighted by Gasteiger charge is 2.24. The molecule has 0 bridgehead atoms. The third-order valence-electron chi connectivity index (χ3n) is 7.27. The van der Waals surface area contributed by atoms with E-state index in [1.54, 1.807) is 54.6 Å². The van der Waals surface area contributed by atoms with Crippen LogP contribution in [0.1, 0.15) is 53.7 Å². The van der Waals surface area contributed by atoms with Gasteiger partial charge in [0.2, 0.25) is 5.91 Å². The highest BCUT2D eigenvalue weighted by molar-refractivity contribution is 7.85. The van der Waals surface area contributed by atoms with Crippen molar-refractivity contribution in [1.29, 1.82) is 0 Å². The Bertz CT molecular complexity index is 1800. The minimum Gasteiger partial charge on any atom is -0.351 e. The molecular formula is C34H33Cl3N2O5S. The number of rotatable bonds is 10. The van der Waals surface area contributed by atoms with E-state index in [1.807, 2.05) is 30.3 Å². The van der Waals surface area contributed by atoms with Gasteiger partial charge >= 0.3 is 0 Å². The fourth-order valence-electron chi connectivity index (χ4n) is 4.73. The molecule has 0 aliphatic heterocycles. The van der Waals surface area contributed by atoms with Crippen molar-refractivity contribution >= 4 is 62.4 Å².